The van der Waals surface area contributed by atoms with E-state index in [1.54, 1.807) is 0 Å². The molecule has 6 heteroatoms. The summed E-state index contributed by atoms with van der Waals surface area (Å²) < 4.78 is 12.1. The van der Waals surface area contributed by atoms with Gasteiger partial charge in [-0.3, -0.25) is 5.84 Å². The van der Waals surface area contributed by atoms with E-state index in [4.69, 9.17) is 20.9 Å². The lowest BCUT2D eigenvalue weighted by atomic mass is 9.77. The van der Waals surface area contributed by atoms with Crippen LogP contribution in [-0.2, 0) is 9.31 Å². The van der Waals surface area contributed by atoms with Crippen LogP contribution in [0.3, 0.4) is 0 Å². The molecule has 1 aromatic carbocycles. The maximum absolute atomic E-state index is 6.04. The molecule has 0 spiro atoms. The maximum Gasteiger partial charge on any atom is 0.491 e. The highest BCUT2D eigenvalue weighted by atomic mass is 16.7. The van der Waals surface area contributed by atoms with Crippen molar-refractivity contribution in [2.24, 2.45) is 11.6 Å². The number of rotatable bonds is 4. The van der Waals surface area contributed by atoms with Crippen molar-refractivity contribution in [3.05, 3.63) is 35.3 Å². The quantitative estimate of drug-likeness (QED) is 0.448. The third-order valence-electron chi connectivity index (χ3n) is 4.20. The zero-order chi connectivity index (χ0) is 15.7. The van der Waals surface area contributed by atoms with Crippen molar-refractivity contribution >= 4 is 18.9 Å². The fourth-order valence-electron chi connectivity index (χ4n) is 2.15. The highest BCUT2D eigenvalue weighted by Crippen LogP contribution is 2.38. The minimum atomic E-state index is -0.422. The van der Waals surface area contributed by atoms with Crippen LogP contribution in [0.15, 0.2) is 29.7 Å². The predicted molar refractivity (Wildman–Crippen MR) is 87.4 cm³/mol. The minimum absolute atomic E-state index is 0.368. The van der Waals surface area contributed by atoms with Gasteiger partial charge in [0.05, 0.1) is 11.2 Å². The number of hydrogen-bond donors (Lipinski definition) is 3. The van der Waals surface area contributed by atoms with Crippen LogP contribution >= 0.6 is 0 Å². The van der Waals surface area contributed by atoms with Crippen molar-refractivity contribution in [3.8, 4) is 0 Å². The lowest BCUT2D eigenvalue weighted by Crippen LogP contribution is -2.41. The Balaban J connectivity index is 2.26. The molecule has 0 atom stereocenters. The van der Waals surface area contributed by atoms with E-state index in [0.29, 0.717) is 6.54 Å². The van der Waals surface area contributed by atoms with Gasteiger partial charge in [0.25, 0.3) is 0 Å². The van der Waals surface area contributed by atoms with Gasteiger partial charge in [-0.15, -0.1) is 0 Å². The molecule has 0 saturated carbocycles. The van der Waals surface area contributed by atoms with Crippen molar-refractivity contribution < 1.29 is 9.31 Å². The molecule has 0 aromatic heterocycles. The summed E-state index contributed by atoms with van der Waals surface area (Å²) in [5.41, 5.74) is 10.5. The summed E-state index contributed by atoms with van der Waals surface area (Å²) >= 11 is 0. The van der Waals surface area contributed by atoms with Crippen LogP contribution < -0.4 is 17.0 Å². The number of nitrogen functional groups attached to an aromatic ring is 1. The van der Waals surface area contributed by atoms with Crippen LogP contribution in [0.25, 0.3) is 6.08 Å². The Morgan fingerprint density at radius 2 is 1.86 bits per heavy atom. The molecule has 21 heavy (non-hydrogen) atoms. The Hall–Kier alpha value is -1.34. The molecular formula is C15H24BN3O2. The lowest BCUT2D eigenvalue weighted by Gasteiger charge is -2.32. The zero-order valence-corrected chi connectivity index (χ0v) is 13.1. The molecule has 0 unspecified atom stereocenters. The van der Waals surface area contributed by atoms with Gasteiger partial charge in [0.15, 0.2) is 0 Å². The normalized spacial score (nSPS) is 20.7. The molecule has 1 aliphatic heterocycles. The fraction of sp³-hybridized carbons (Fsp3) is 0.467. The van der Waals surface area contributed by atoms with Gasteiger partial charge in [-0.25, -0.2) is 0 Å². The molecule has 1 aromatic rings. The average molecular weight is 289 g/mol. The summed E-state index contributed by atoms with van der Waals surface area (Å²) in [4.78, 5) is 0. The number of hydrogen-bond acceptors (Lipinski definition) is 5. The average Bonchev–Trinajstić information content (AvgIpc) is 2.65. The number of nitrogens with one attached hydrogen (secondary N) is 1. The predicted octanol–water partition coefficient (Wildman–Crippen LogP) is 1.95. The number of nitrogens with two attached hydrogens (primary N) is 2. The molecule has 1 fully saturated rings. The standard InChI is InChI=1S/C15H24BN3O2/c1-14(2)15(3,4)21-16(20-14)12(10-17)8-11-6-5-7-13(9-11)19-18/h5-9,19H,10,17-18H2,1-4H3. The van der Waals surface area contributed by atoms with Crippen LogP contribution in [0.1, 0.15) is 33.3 Å². The minimum Gasteiger partial charge on any atom is -0.400 e. The van der Waals surface area contributed by atoms with Crippen LogP contribution in [-0.4, -0.2) is 24.9 Å². The van der Waals surface area contributed by atoms with E-state index in [2.05, 4.69) is 5.43 Å². The molecule has 1 saturated heterocycles. The smallest absolute Gasteiger partial charge is 0.400 e. The largest absolute Gasteiger partial charge is 0.491 e. The van der Waals surface area contributed by atoms with Crippen LogP contribution in [0, 0.1) is 0 Å². The van der Waals surface area contributed by atoms with Gasteiger partial charge in [-0.2, -0.15) is 0 Å². The number of anilines is 1. The van der Waals surface area contributed by atoms with Gasteiger partial charge in [0, 0.05) is 12.2 Å². The Morgan fingerprint density at radius 1 is 1.24 bits per heavy atom. The molecule has 1 heterocycles. The SMILES string of the molecule is CC1(C)OB(C(=Cc2cccc(NN)c2)CN)OC1(C)C. The fourth-order valence-corrected chi connectivity index (χ4v) is 2.15. The van der Waals surface area contributed by atoms with Crippen molar-refractivity contribution in [2.75, 3.05) is 12.0 Å². The summed E-state index contributed by atoms with van der Waals surface area (Å²) in [5.74, 6) is 5.43. The summed E-state index contributed by atoms with van der Waals surface area (Å²) in [5, 5.41) is 0. The Bertz CT molecular complexity index is 527. The van der Waals surface area contributed by atoms with Gasteiger partial charge in [-0.05, 0) is 50.9 Å². The second-order valence-corrected chi connectivity index (χ2v) is 6.28. The van der Waals surface area contributed by atoms with Crippen molar-refractivity contribution in [1.29, 1.82) is 0 Å². The summed E-state index contributed by atoms with van der Waals surface area (Å²) in [6.07, 6.45) is 1.99. The van der Waals surface area contributed by atoms with Gasteiger partial charge in [-0.1, -0.05) is 18.2 Å². The molecule has 1 aliphatic rings. The molecule has 2 rings (SSSR count). The van der Waals surface area contributed by atoms with Gasteiger partial charge in [0.1, 0.15) is 0 Å². The summed E-state index contributed by atoms with van der Waals surface area (Å²) in [6, 6.07) is 7.76. The second-order valence-electron chi connectivity index (χ2n) is 6.28. The van der Waals surface area contributed by atoms with Gasteiger partial charge < -0.3 is 20.5 Å². The van der Waals surface area contributed by atoms with E-state index in [0.717, 1.165) is 16.7 Å². The Kier molecular flexibility index (Phi) is 4.44. The topological polar surface area (TPSA) is 82.5 Å². The highest BCUT2D eigenvalue weighted by Gasteiger charge is 2.52. The first-order valence-corrected chi connectivity index (χ1v) is 7.12. The third kappa shape index (κ3) is 3.29. The van der Waals surface area contributed by atoms with E-state index in [9.17, 15) is 0 Å². The number of hydrazine groups is 1. The maximum atomic E-state index is 6.04. The van der Waals surface area contributed by atoms with Crippen molar-refractivity contribution in [3.63, 3.8) is 0 Å². The molecule has 0 bridgehead atoms. The molecular weight excluding hydrogens is 265 g/mol. The first-order chi connectivity index (χ1) is 9.79. The Labute approximate surface area is 126 Å². The Morgan fingerprint density at radius 3 is 2.38 bits per heavy atom. The van der Waals surface area contributed by atoms with E-state index in [1.165, 1.54) is 0 Å². The zero-order valence-electron chi connectivity index (χ0n) is 13.1. The van der Waals surface area contributed by atoms with E-state index >= 15 is 0 Å². The number of benzene rings is 1. The first kappa shape index (κ1) is 16.0. The van der Waals surface area contributed by atoms with Gasteiger partial charge in [0.2, 0.25) is 0 Å². The highest BCUT2D eigenvalue weighted by molar-refractivity contribution is 6.55. The molecule has 114 valence electrons. The molecule has 5 N–H and O–H groups in total. The van der Waals surface area contributed by atoms with Crippen LogP contribution in [0.5, 0.6) is 0 Å². The lowest BCUT2D eigenvalue weighted by molar-refractivity contribution is 0.00578. The van der Waals surface area contributed by atoms with E-state index in [-0.39, 0.29) is 11.2 Å². The van der Waals surface area contributed by atoms with E-state index < -0.39 is 7.12 Å². The van der Waals surface area contributed by atoms with Gasteiger partial charge >= 0.3 is 7.12 Å². The molecule has 0 radical (unpaired) electrons. The van der Waals surface area contributed by atoms with Crippen molar-refractivity contribution in [2.45, 2.75) is 38.9 Å². The monoisotopic (exact) mass is 289 g/mol. The van der Waals surface area contributed by atoms with E-state index in [1.807, 2.05) is 58.0 Å². The summed E-state index contributed by atoms with van der Waals surface area (Å²) in [6.45, 7) is 8.48. The molecule has 5 nitrogen and oxygen atoms in total. The third-order valence-corrected chi connectivity index (χ3v) is 4.20. The second kappa shape index (κ2) is 5.81. The molecule has 0 aliphatic carbocycles. The van der Waals surface area contributed by atoms with Crippen LogP contribution in [0.2, 0.25) is 0 Å². The van der Waals surface area contributed by atoms with Crippen LogP contribution in [0.4, 0.5) is 5.69 Å². The first-order valence-electron chi connectivity index (χ1n) is 7.12. The van der Waals surface area contributed by atoms with Crippen molar-refractivity contribution in [1.82, 2.24) is 0 Å². The summed E-state index contributed by atoms with van der Waals surface area (Å²) in [7, 11) is -0.422. The molecule has 0 amide bonds.